The summed E-state index contributed by atoms with van der Waals surface area (Å²) in [5.74, 6) is -1.09. The van der Waals surface area contributed by atoms with E-state index in [9.17, 15) is 4.79 Å². The fourth-order valence-corrected chi connectivity index (χ4v) is 1.48. The summed E-state index contributed by atoms with van der Waals surface area (Å²) in [4.78, 5) is 18.7. The summed E-state index contributed by atoms with van der Waals surface area (Å²) in [5.41, 5.74) is 0.741. The largest absolute Gasteiger partial charge is 0.476 e. The van der Waals surface area contributed by atoms with Crippen molar-refractivity contribution in [3.8, 4) is 17.7 Å². The molecule has 2 rings (SSSR count). The molecule has 2 heterocycles. The molecule has 0 radical (unpaired) electrons. The van der Waals surface area contributed by atoms with E-state index in [-0.39, 0.29) is 22.9 Å². The summed E-state index contributed by atoms with van der Waals surface area (Å²) in [6.07, 6.45) is 2.84. The maximum Gasteiger partial charge on any atom is 0.358 e. The Labute approximate surface area is 108 Å². The normalized spacial score (nSPS) is 9.68. The Morgan fingerprint density at radius 2 is 2.16 bits per heavy atom. The van der Waals surface area contributed by atoms with E-state index in [0.717, 1.165) is 0 Å². The lowest BCUT2D eigenvalue weighted by Gasteiger charge is -2.08. The number of pyridine rings is 2. The Kier molecular flexibility index (Phi) is 3.39. The van der Waals surface area contributed by atoms with Crippen LogP contribution in [0.5, 0.6) is 11.6 Å². The van der Waals surface area contributed by atoms with E-state index in [1.807, 2.05) is 6.07 Å². The highest BCUT2D eigenvalue weighted by Gasteiger charge is 2.16. The van der Waals surface area contributed by atoms with Gasteiger partial charge in [-0.2, -0.15) is 5.26 Å². The quantitative estimate of drug-likeness (QED) is 0.902. The van der Waals surface area contributed by atoms with Gasteiger partial charge in [0.05, 0.1) is 0 Å². The molecule has 94 valence electrons. The highest BCUT2D eigenvalue weighted by atomic mass is 16.5. The van der Waals surface area contributed by atoms with Gasteiger partial charge in [-0.1, -0.05) is 0 Å². The first kappa shape index (κ1) is 12.5. The first-order valence-electron chi connectivity index (χ1n) is 5.35. The van der Waals surface area contributed by atoms with Crippen LogP contribution in [0.1, 0.15) is 21.6 Å². The van der Waals surface area contributed by atoms with E-state index in [1.54, 1.807) is 19.1 Å². The number of carboxylic acid groups (broad SMARTS) is 1. The number of carboxylic acids is 1. The summed E-state index contributed by atoms with van der Waals surface area (Å²) in [6, 6.07) is 6.66. The topological polar surface area (TPSA) is 96.1 Å². The van der Waals surface area contributed by atoms with E-state index >= 15 is 0 Å². The molecule has 0 bridgehead atoms. The molecule has 0 aromatic carbocycles. The molecule has 0 atom stereocenters. The average Bonchev–Trinajstić information content (AvgIpc) is 2.39. The first-order valence-corrected chi connectivity index (χ1v) is 5.35. The van der Waals surface area contributed by atoms with E-state index in [1.165, 1.54) is 18.5 Å². The Bertz CT molecular complexity index is 677. The van der Waals surface area contributed by atoms with E-state index in [2.05, 4.69) is 9.97 Å². The monoisotopic (exact) mass is 255 g/mol. The number of hydrogen-bond acceptors (Lipinski definition) is 5. The Morgan fingerprint density at radius 1 is 1.37 bits per heavy atom. The fourth-order valence-electron chi connectivity index (χ4n) is 1.48. The van der Waals surface area contributed by atoms with Gasteiger partial charge in [0.25, 0.3) is 0 Å². The standard InChI is InChI=1S/C13H9N3O3/c1-8-4-6-16-12(9(8)7-14)19-10-3-2-5-15-11(10)13(17)18/h2-6H,1H3,(H,17,18). The SMILES string of the molecule is Cc1ccnc(Oc2cccnc2C(=O)O)c1C#N. The van der Waals surface area contributed by atoms with Crippen molar-refractivity contribution in [2.45, 2.75) is 6.92 Å². The second-order valence-electron chi connectivity index (χ2n) is 3.68. The van der Waals surface area contributed by atoms with Crippen LogP contribution in [-0.4, -0.2) is 21.0 Å². The predicted molar refractivity (Wildman–Crippen MR) is 65.0 cm³/mol. The molecule has 0 aliphatic heterocycles. The van der Waals surface area contributed by atoms with Gasteiger partial charge < -0.3 is 9.84 Å². The maximum atomic E-state index is 11.0. The lowest BCUT2D eigenvalue weighted by Crippen LogP contribution is -2.04. The maximum absolute atomic E-state index is 11.0. The molecule has 0 aliphatic rings. The summed E-state index contributed by atoms with van der Waals surface area (Å²) in [5, 5.41) is 18.1. The molecule has 0 amide bonds. The van der Waals surface area contributed by atoms with Gasteiger partial charge in [0.2, 0.25) is 5.88 Å². The van der Waals surface area contributed by atoms with Crippen LogP contribution in [0.3, 0.4) is 0 Å². The van der Waals surface area contributed by atoms with Gasteiger partial charge in [-0.3, -0.25) is 0 Å². The van der Waals surface area contributed by atoms with Crippen LogP contribution in [-0.2, 0) is 0 Å². The van der Waals surface area contributed by atoms with Gasteiger partial charge in [-0.25, -0.2) is 14.8 Å². The van der Waals surface area contributed by atoms with Crippen LogP contribution < -0.4 is 4.74 Å². The van der Waals surface area contributed by atoms with Gasteiger partial charge in [0, 0.05) is 12.4 Å². The van der Waals surface area contributed by atoms with Crippen molar-refractivity contribution in [1.29, 1.82) is 5.26 Å². The second-order valence-corrected chi connectivity index (χ2v) is 3.68. The smallest absolute Gasteiger partial charge is 0.358 e. The zero-order valence-corrected chi connectivity index (χ0v) is 9.99. The number of ether oxygens (including phenoxy) is 1. The van der Waals surface area contributed by atoms with Crippen molar-refractivity contribution < 1.29 is 14.6 Å². The molecular formula is C13H9N3O3. The number of rotatable bonds is 3. The molecule has 0 fully saturated rings. The van der Waals surface area contributed by atoms with Gasteiger partial charge in [-0.15, -0.1) is 0 Å². The number of nitriles is 1. The van der Waals surface area contributed by atoms with Crippen molar-refractivity contribution in [2.24, 2.45) is 0 Å². The molecule has 0 aliphatic carbocycles. The Hall–Kier alpha value is -2.94. The average molecular weight is 255 g/mol. The van der Waals surface area contributed by atoms with Crippen molar-refractivity contribution in [1.82, 2.24) is 9.97 Å². The van der Waals surface area contributed by atoms with Crippen LogP contribution in [0.15, 0.2) is 30.6 Å². The number of aromatic nitrogens is 2. The minimum atomic E-state index is -1.21. The summed E-state index contributed by atoms with van der Waals surface area (Å²) < 4.78 is 5.40. The minimum Gasteiger partial charge on any atom is -0.476 e. The van der Waals surface area contributed by atoms with Crippen LogP contribution in [0.4, 0.5) is 0 Å². The fraction of sp³-hybridized carbons (Fsp3) is 0.0769. The van der Waals surface area contributed by atoms with Gasteiger partial charge in [-0.05, 0) is 30.7 Å². The van der Waals surface area contributed by atoms with Gasteiger partial charge in [0.1, 0.15) is 11.6 Å². The van der Waals surface area contributed by atoms with Crippen LogP contribution >= 0.6 is 0 Å². The minimum absolute atomic E-state index is 0.0459. The number of carbonyl (C=O) groups is 1. The van der Waals surface area contributed by atoms with E-state index in [4.69, 9.17) is 15.1 Å². The van der Waals surface area contributed by atoms with Crippen LogP contribution in [0.2, 0.25) is 0 Å². The number of aryl methyl sites for hydroxylation is 1. The third kappa shape index (κ3) is 2.50. The number of aromatic carboxylic acids is 1. The summed E-state index contributed by atoms with van der Waals surface area (Å²) >= 11 is 0. The molecule has 1 N–H and O–H groups in total. The number of hydrogen-bond donors (Lipinski definition) is 1. The molecule has 6 nitrogen and oxygen atoms in total. The number of nitrogens with zero attached hydrogens (tertiary/aromatic N) is 3. The summed E-state index contributed by atoms with van der Waals surface area (Å²) in [6.45, 7) is 1.74. The van der Waals surface area contributed by atoms with Crippen molar-refractivity contribution in [2.75, 3.05) is 0 Å². The second kappa shape index (κ2) is 5.14. The van der Waals surface area contributed by atoms with Gasteiger partial charge in [0.15, 0.2) is 11.4 Å². The van der Waals surface area contributed by atoms with Crippen LogP contribution in [0, 0.1) is 18.3 Å². The Balaban J connectivity index is 2.46. The third-order valence-corrected chi connectivity index (χ3v) is 2.42. The van der Waals surface area contributed by atoms with Gasteiger partial charge >= 0.3 is 5.97 Å². The van der Waals surface area contributed by atoms with Crippen molar-refractivity contribution in [3.05, 3.63) is 47.4 Å². The zero-order valence-electron chi connectivity index (χ0n) is 9.99. The first-order chi connectivity index (χ1) is 9.13. The van der Waals surface area contributed by atoms with Crippen molar-refractivity contribution >= 4 is 5.97 Å². The lowest BCUT2D eigenvalue weighted by atomic mass is 10.2. The predicted octanol–water partition coefficient (Wildman–Crippen LogP) is 2.15. The van der Waals surface area contributed by atoms with E-state index < -0.39 is 5.97 Å². The molecule has 19 heavy (non-hydrogen) atoms. The highest BCUT2D eigenvalue weighted by Crippen LogP contribution is 2.26. The van der Waals surface area contributed by atoms with Crippen molar-refractivity contribution in [3.63, 3.8) is 0 Å². The Morgan fingerprint density at radius 3 is 2.84 bits per heavy atom. The highest BCUT2D eigenvalue weighted by molar-refractivity contribution is 5.88. The summed E-state index contributed by atoms with van der Waals surface area (Å²) in [7, 11) is 0. The van der Waals surface area contributed by atoms with Crippen LogP contribution in [0.25, 0.3) is 0 Å². The molecule has 0 saturated carbocycles. The third-order valence-electron chi connectivity index (χ3n) is 2.42. The molecule has 0 spiro atoms. The zero-order chi connectivity index (χ0) is 13.8. The molecular weight excluding hydrogens is 246 g/mol. The molecule has 0 saturated heterocycles. The lowest BCUT2D eigenvalue weighted by molar-refractivity contribution is 0.0687. The molecule has 6 heteroatoms. The molecule has 0 unspecified atom stereocenters. The van der Waals surface area contributed by atoms with E-state index in [0.29, 0.717) is 5.56 Å². The molecule has 2 aromatic rings. The molecule has 2 aromatic heterocycles.